The molecule has 1 fully saturated rings. The molecule has 4 rings (SSSR count). The number of anilines is 2. The van der Waals surface area contributed by atoms with E-state index in [4.69, 9.17) is 0 Å². The lowest BCUT2D eigenvalue weighted by atomic mass is 10.2. The van der Waals surface area contributed by atoms with Crippen LogP contribution in [-0.2, 0) is 22.6 Å². The maximum absolute atomic E-state index is 13.6. The van der Waals surface area contributed by atoms with Gasteiger partial charge < -0.3 is 10.6 Å². The minimum atomic E-state index is -0.803. The van der Waals surface area contributed by atoms with E-state index in [1.165, 1.54) is 17.4 Å². The molecule has 1 aliphatic heterocycles. The van der Waals surface area contributed by atoms with E-state index in [0.29, 0.717) is 24.6 Å². The van der Waals surface area contributed by atoms with E-state index >= 15 is 0 Å². The highest BCUT2D eigenvalue weighted by Gasteiger charge is 2.31. The Hall–Kier alpha value is -2.39. The zero-order valence-electron chi connectivity index (χ0n) is 14.4. The molecule has 6 nitrogen and oxygen atoms in total. The van der Waals surface area contributed by atoms with Crippen LogP contribution < -0.4 is 10.6 Å². The van der Waals surface area contributed by atoms with Crippen molar-refractivity contribution in [1.29, 1.82) is 0 Å². The zero-order chi connectivity index (χ0) is 19.0. The van der Waals surface area contributed by atoms with Crippen LogP contribution in [-0.4, -0.2) is 34.8 Å². The van der Waals surface area contributed by atoms with Crippen molar-refractivity contribution in [3.8, 4) is 0 Å². The Morgan fingerprint density at radius 2 is 2.07 bits per heavy atom. The minimum absolute atomic E-state index is 0.0265. The van der Waals surface area contributed by atoms with Gasteiger partial charge in [0.2, 0.25) is 11.8 Å². The summed E-state index contributed by atoms with van der Waals surface area (Å²) in [5.74, 6) is -1.71. The maximum atomic E-state index is 13.6. The highest BCUT2D eigenvalue weighted by Crippen LogP contribution is 2.33. The summed E-state index contributed by atoms with van der Waals surface area (Å²) in [4.78, 5) is 31.5. The number of nitrogens with one attached hydrogen (secondary N) is 2. The van der Waals surface area contributed by atoms with E-state index in [0.717, 1.165) is 35.5 Å². The van der Waals surface area contributed by atoms with Crippen LogP contribution in [0.4, 0.5) is 19.6 Å². The number of rotatable bonds is 5. The molecule has 0 spiro atoms. The van der Waals surface area contributed by atoms with Gasteiger partial charge in [-0.25, -0.2) is 13.8 Å². The third-order valence-corrected chi connectivity index (χ3v) is 5.56. The van der Waals surface area contributed by atoms with Crippen molar-refractivity contribution in [1.82, 2.24) is 9.88 Å². The fourth-order valence-electron chi connectivity index (χ4n) is 2.97. The number of carbonyl (C=O) groups is 2. The summed E-state index contributed by atoms with van der Waals surface area (Å²) in [6.07, 6.45) is 2.56. The molecule has 2 heterocycles. The molecular weight excluding hydrogens is 374 g/mol. The molecule has 0 bridgehead atoms. The second-order valence-electron chi connectivity index (χ2n) is 6.79. The number of benzene rings is 1. The second kappa shape index (κ2) is 7.32. The van der Waals surface area contributed by atoms with E-state index in [2.05, 4.69) is 15.6 Å². The van der Waals surface area contributed by atoms with Gasteiger partial charge in [0.05, 0.1) is 17.9 Å². The monoisotopic (exact) mass is 392 g/mol. The SMILES string of the molecule is O=C(CN1CCc2nc(NC(=O)C3CC3)sc2C1)Nc1ccc(F)cc1F. The molecule has 0 atom stereocenters. The van der Waals surface area contributed by atoms with Gasteiger partial charge in [-0.3, -0.25) is 14.5 Å². The molecular formula is C18H18F2N4O2S. The molecule has 1 aliphatic carbocycles. The lowest BCUT2D eigenvalue weighted by Crippen LogP contribution is -2.36. The first-order chi connectivity index (χ1) is 13.0. The molecule has 27 heavy (non-hydrogen) atoms. The number of hydrogen-bond donors (Lipinski definition) is 2. The highest BCUT2D eigenvalue weighted by molar-refractivity contribution is 7.15. The Kier molecular flexibility index (Phi) is 4.88. The lowest BCUT2D eigenvalue weighted by molar-refractivity contribution is -0.118. The van der Waals surface area contributed by atoms with Gasteiger partial charge in [-0.1, -0.05) is 0 Å². The first-order valence-corrected chi connectivity index (χ1v) is 9.56. The Morgan fingerprint density at radius 1 is 1.26 bits per heavy atom. The molecule has 2 aromatic rings. The van der Waals surface area contributed by atoms with E-state index in [9.17, 15) is 18.4 Å². The molecule has 2 amide bonds. The van der Waals surface area contributed by atoms with Gasteiger partial charge in [0.15, 0.2) is 5.13 Å². The average molecular weight is 392 g/mol. The lowest BCUT2D eigenvalue weighted by Gasteiger charge is -2.25. The van der Waals surface area contributed by atoms with E-state index < -0.39 is 11.6 Å². The van der Waals surface area contributed by atoms with E-state index in [-0.39, 0.29) is 30.0 Å². The standard InChI is InChI=1S/C18H18F2N4O2S/c19-11-3-4-13(12(20)7-11)21-16(25)9-24-6-5-14-15(8-24)27-18(22-14)23-17(26)10-1-2-10/h3-4,7,10H,1-2,5-6,8-9H2,(H,21,25)(H,22,23,26). The molecule has 0 unspecified atom stereocenters. The Balaban J connectivity index is 1.34. The maximum Gasteiger partial charge on any atom is 0.238 e. The Labute approximate surface area is 158 Å². The summed E-state index contributed by atoms with van der Waals surface area (Å²) >= 11 is 1.43. The quantitative estimate of drug-likeness (QED) is 0.821. The van der Waals surface area contributed by atoms with Crippen LogP contribution in [0.5, 0.6) is 0 Å². The van der Waals surface area contributed by atoms with Gasteiger partial charge in [0, 0.05) is 36.4 Å². The normalized spacial score (nSPS) is 16.7. The zero-order valence-corrected chi connectivity index (χ0v) is 15.2. The molecule has 1 saturated carbocycles. The number of hydrogen-bond acceptors (Lipinski definition) is 5. The van der Waals surface area contributed by atoms with Gasteiger partial charge in [-0.15, -0.1) is 11.3 Å². The predicted molar refractivity (Wildman–Crippen MR) is 97.4 cm³/mol. The molecule has 142 valence electrons. The van der Waals surface area contributed by atoms with Crippen molar-refractivity contribution in [2.75, 3.05) is 23.7 Å². The first kappa shape index (κ1) is 18.0. The number of carbonyl (C=O) groups excluding carboxylic acids is 2. The molecule has 9 heteroatoms. The van der Waals surface area contributed by atoms with Crippen molar-refractivity contribution in [2.24, 2.45) is 5.92 Å². The summed E-state index contributed by atoms with van der Waals surface area (Å²) in [6, 6.07) is 3.03. The highest BCUT2D eigenvalue weighted by atomic mass is 32.1. The molecule has 1 aromatic heterocycles. The van der Waals surface area contributed by atoms with Crippen molar-refractivity contribution in [3.05, 3.63) is 40.4 Å². The van der Waals surface area contributed by atoms with E-state index in [1.54, 1.807) is 0 Å². The number of fused-ring (bicyclic) bond motifs is 1. The van der Waals surface area contributed by atoms with Crippen molar-refractivity contribution in [3.63, 3.8) is 0 Å². The van der Waals surface area contributed by atoms with Crippen molar-refractivity contribution < 1.29 is 18.4 Å². The van der Waals surface area contributed by atoms with E-state index in [1.807, 2.05) is 4.90 Å². The van der Waals surface area contributed by atoms with Crippen LogP contribution in [0.15, 0.2) is 18.2 Å². The molecule has 2 aliphatic rings. The van der Waals surface area contributed by atoms with Gasteiger partial charge in [0.1, 0.15) is 11.6 Å². The summed E-state index contributed by atoms with van der Waals surface area (Å²) in [5.41, 5.74) is 0.911. The molecule has 0 saturated heterocycles. The predicted octanol–water partition coefficient (Wildman–Crippen LogP) is 2.77. The van der Waals surface area contributed by atoms with Gasteiger partial charge in [-0.2, -0.15) is 0 Å². The Morgan fingerprint density at radius 3 is 2.81 bits per heavy atom. The van der Waals surface area contributed by atoms with Crippen LogP contribution in [0.25, 0.3) is 0 Å². The summed E-state index contributed by atoms with van der Waals surface area (Å²) in [6.45, 7) is 1.29. The topological polar surface area (TPSA) is 74.3 Å². The van der Waals surface area contributed by atoms with Crippen LogP contribution in [0, 0.1) is 17.6 Å². The summed E-state index contributed by atoms with van der Waals surface area (Å²) in [5, 5.41) is 5.93. The first-order valence-electron chi connectivity index (χ1n) is 8.74. The average Bonchev–Trinajstić information content (AvgIpc) is 3.39. The van der Waals surface area contributed by atoms with Crippen molar-refractivity contribution >= 4 is 34.0 Å². The Bertz CT molecular complexity index is 897. The van der Waals surface area contributed by atoms with Gasteiger partial charge in [0.25, 0.3) is 0 Å². The second-order valence-corrected chi connectivity index (χ2v) is 7.87. The van der Waals surface area contributed by atoms with Crippen molar-refractivity contribution in [2.45, 2.75) is 25.8 Å². The smallest absolute Gasteiger partial charge is 0.238 e. The van der Waals surface area contributed by atoms with Gasteiger partial charge in [-0.05, 0) is 25.0 Å². The number of aromatic nitrogens is 1. The molecule has 2 N–H and O–H groups in total. The third-order valence-electron chi connectivity index (χ3n) is 4.56. The van der Waals surface area contributed by atoms with Crippen LogP contribution in [0.2, 0.25) is 0 Å². The van der Waals surface area contributed by atoms with Crippen LogP contribution in [0.1, 0.15) is 23.4 Å². The third kappa shape index (κ3) is 4.30. The number of nitrogens with zero attached hydrogens (tertiary/aromatic N) is 2. The number of thiazole rings is 1. The van der Waals surface area contributed by atoms with Gasteiger partial charge >= 0.3 is 0 Å². The summed E-state index contributed by atoms with van der Waals surface area (Å²) in [7, 11) is 0. The number of amides is 2. The fourth-order valence-corrected chi connectivity index (χ4v) is 4.03. The number of halogens is 2. The molecule has 0 radical (unpaired) electrons. The largest absolute Gasteiger partial charge is 0.322 e. The summed E-state index contributed by atoms with van der Waals surface area (Å²) < 4.78 is 26.6. The molecule has 1 aromatic carbocycles. The van der Waals surface area contributed by atoms with Crippen LogP contribution in [0.3, 0.4) is 0 Å². The fraction of sp³-hybridized carbons (Fsp3) is 0.389. The minimum Gasteiger partial charge on any atom is -0.322 e. The van der Waals surface area contributed by atoms with Crippen LogP contribution >= 0.6 is 11.3 Å².